The molecule has 0 atom stereocenters. The van der Waals surface area contributed by atoms with Crippen molar-refractivity contribution < 1.29 is 5.11 Å². The van der Waals surface area contributed by atoms with Gasteiger partial charge in [-0.1, -0.05) is 30.3 Å². The van der Waals surface area contributed by atoms with Crippen LogP contribution in [0.2, 0.25) is 5.28 Å². The van der Waals surface area contributed by atoms with Crippen molar-refractivity contribution in [3.63, 3.8) is 0 Å². The highest BCUT2D eigenvalue weighted by atomic mass is 35.5. The first-order chi connectivity index (χ1) is 12.7. The molecule has 136 valence electrons. The first-order valence-electron chi connectivity index (χ1n) is 8.77. The lowest BCUT2D eigenvalue weighted by molar-refractivity contribution is 0.188. The summed E-state index contributed by atoms with van der Waals surface area (Å²) in [5, 5.41) is 10.5. The number of aromatic nitrogens is 2. The Hall–Kier alpha value is -1.73. The predicted octanol–water partition coefficient (Wildman–Crippen LogP) is 3.43. The van der Waals surface area contributed by atoms with Crippen molar-refractivity contribution in [3.8, 4) is 11.1 Å². The topological polar surface area (TPSA) is 52.5 Å². The molecule has 3 aromatic rings. The third-order valence-electron chi connectivity index (χ3n) is 4.83. The average Bonchev–Trinajstić information content (AvgIpc) is 2.98. The van der Waals surface area contributed by atoms with E-state index in [2.05, 4.69) is 51.0 Å². The molecule has 0 aliphatic carbocycles. The lowest BCUT2D eigenvalue weighted by atomic mass is 10.0. The number of anilines is 1. The van der Waals surface area contributed by atoms with Crippen LogP contribution in [-0.2, 0) is 0 Å². The van der Waals surface area contributed by atoms with Gasteiger partial charge in [0.1, 0.15) is 10.6 Å². The van der Waals surface area contributed by atoms with Crippen molar-refractivity contribution in [3.05, 3.63) is 40.5 Å². The van der Waals surface area contributed by atoms with E-state index in [0.29, 0.717) is 5.28 Å². The number of aliphatic hydroxyl groups excluding tert-OH is 1. The van der Waals surface area contributed by atoms with Crippen LogP contribution in [0.1, 0.15) is 4.88 Å². The molecule has 0 saturated carbocycles. The number of nitrogens with zero attached hydrogens (tertiary/aromatic N) is 4. The molecule has 0 bridgehead atoms. The fourth-order valence-corrected chi connectivity index (χ4v) is 4.83. The number of rotatable bonds is 4. The van der Waals surface area contributed by atoms with Gasteiger partial charge in [-0.3, -0.25) is 4.90 Å². The molecule has 1 N–H and O–H groups in total. The van der Waals surface area contributed by atoms with Gasteiger partial charge >= 0.3 is 0 Å². The van der Waals surface area contributed by atoms with E-state index in [4.69, 9.17) is 16.7 Å². The second-order valence-electron chi connectivity index (χ2n) is 6.45. The van der Waals surface area contributed by atoms with Gasteiger partial charge in [0, 0.05) is 43.2 Å². The molecule has 1 aromatic carbocycles. The molecule has 3 heterocycles. The van der Waals surface area contributed by atoms with Crippen molar-refractivity contribution in [1.29, 1.82) is 0 Å². The summed E-state index contributed by atoms with van der Waals surface area (Å²) in [5.41, 5.74) is 2.39. The highest BCUT2D eigenvalue weighted by Gasteiger charge is 2.24. The van der Waals surface area contributed by atoms with Gasteiger partial charge in [-0.25, -0.2) is 4.98 Å². The Morgan fingerprint density at radius 1 is 1.12 bits per heavy atom. The zero-order valence-corrected chi connectivity index (χ0v) is 16.2. The molecule has 26 heavy (non-hydrogen) atoms. The zero-order valence-electron chi connectivity index (χ0n) is 14.7. The van der Waals surface area contributed by atoms with Gasteiger partial charge in [-0.15, -0.1) is 11.3 Å². The Morgan fingerprint density at radius 2 is 1.85 bits per heavy atom. The minimum absolute atomic E-state index is 0.200. The van der Waals surface area contributed by atoms with Gasteiger partial charge in [0.2, 0.25) is 5.28 Å². The summed E-state index contributed by atoms with van der Waals surface area (Å²) in [6.45, 7) is 6.61. The van der Waals surface area contributed by atoms with Gasteiger partial charge in [-0.2, -0.15) is 4.98 Å². The van der Waals surface area contributed by atoms with E-state index < -0.39 is 0 Å². The number of halogens is 1. The molecule has 0 amide bonds. The fraction of sp³-hybridized carbons (Fsp3) is 0.368. The molecular formula is C19H21ClN4OS. The molecule has 1 fully saturated rings. The average molecular weight is 389 g/mol. The highest BCUT2D eigenvalue weighted by molar-refractivity contribution is 7.19. The van der Waals surface area contributed by atoms with E-state index in [1.165, 1.54) is 16.0 Å². The quantitative estimate of drug-likeness (QED) is 0.694. The maximum absolute atomic E-state index is 9.15. The van der Waals surface area contributed by atoms with Crippen molar-refractivity contribution >= 4 is 39.0 Å². The molecule has 1 aliphatic heterocycles. The predicted molar refractivity (Wildman–Crippen MR) is 108 cm³/mol. The second kappa shape index (κ2) is 7.48. The van der Waals surface area contributed by atoms with E-state index in [-0.39, 0.29) is 6.61 Å². The van der Waals surface area contributed by atoms with Gasteiger partial charge in [-0.05, 0) is 24.1 Å². The van der Waals surface area contributed by atoms with Crippen LogP contribution in [0.15, 0.2) is 30.3 Å². The maximum atomic E-state index is 9.15. The number of fused-ring (bicyclic) bond motifs is 1. The van der Waals surface area contributed by atoms with E-state index in [1.807, 2.05) is 6.07 Å². The van der Waals surface area contributed by atoms with Gasteiger partial charge in [0.15, 0.2) is 0 Å². The van der Waals surface area contributed by atoms with E-state index in [9.17, 15) is 0 Å². The van der Waals surface area contributed by atoms with Crippen LogP contribution in [0.4, 0.5) is 5.82 Å². The van der Waals surface area contributed by atoms with Crippen LogP contribution < -0.4 is 4.90 Å². The van der Waals surface area contributed by atoms with Crippen LogP contribution in [-0.4, -0.2) is 59.3 Å². The van der Waals surface area contributed by atoms with E-state index in [1.54, 1.807) is 11.3 Å². The highest BCUT2D eigenvalue weighted by Crippen LogP contribution is 2.42. The summed E-state index contributed by atoms with van der Waals surface area (Å²) >= 11 is 7.91. The molecule has 1 saturated heterocycles. The molecule has 0 unspecified atom stereocenters. The summed E-state index contributed by atoms with van der Waals surface area (Å²) in [4.78, 5) is 15.8. The van der Waals surface area contributed by atoms with Crippen LogP contribution >= 0.6 is 22.9 Å². The number of β-amino-alcohol motifs (C(OH)–C–C–N with tert-alkyl or cyclic N) is 1. The van der Waals surface area contributed by atoms with Gasteiger partial charge in [0.25, 0.3) is 0 Å². The third-order valence-corrected chi connectivity index (χ3v) is 6.00. The normalized spacial score (nSPS) is 15.7. The SMILES string of the molecule is Cc1sc2nc(Cl)nc(N3CCN(CCO)CC3)c2c1-c1ccccc1. The molecule has 0 radical (unpaired) electrons. The molecule has 2 aromatic heterocycles. The number of piperazine rings is 1. The number of thiophene rings is 1. The number of aliphatic hydroxyl groups is 1. The minimum atomic E-state index is 0.200. The number of benzene rings is 1. The standard InChI is InChI=1S/C19H21ClN4OS/c1-13-15(14-5-3-2-4-6-14)16-17(21-19(20)22-18(16)26-13)24-9-7-23(8-10-24)11-12-25/h2-6,25H,7-12H2,1H3. The Balaban J connectivity index is 1.80. The molecule has 1 aliphatic rings. The first kappa shape index (κ1) is 17.7. The lowest BCUT2D eigenvalue weighted by Gasteiger charge is -2.35. The molecule has 7 heteroatoms. The van der Waals surface area contributed by atoms with Crippen LogP contribution in [0.25, 0.3) is 21.3 Å². The summed E-state index contributed by atoms with van der Waals surface area (Å²) in [7, 11) is 0. The van der Waals surface area contributed by atoms with Gasteiger partial charge < -0.3 is 10.0 Å². The van der Waals surface area contributed by atoms with Crippen LogP contribution in [0.3, 0.4) is 0 Å². The van der Waals surface area contributed by atoms with Crippen molar-refractivity contribution in [1.82, 2.24) is 14.9 Å². The monoisotopic (exact) mass is 388 g/mol. The number of hydrogen-bond acceptors (Lipinski definition) is 6. The lowest BCUT2D eigenvalue weighted by Crippen LogP contribution is -2.47. The Bertz CT molecular complexity index is 907. The fourth-order valence-electron chi connectivity index (χ4n) is 3.57. The molecular weight excluding hydrogens is 368 g/mol. The van der Waals surface area contributed by atoms with E-state index >= 15 is 0 Å². The third kappa shape index (κ3) is 3.30. The second-order valence-corrected chi connectivity index (χ2v) is 7.99. The summed E-state index contributed by atoms with van der Waals surface area (Å²) < 4.78 is 0. The van der Waals surface area contributed by atoms with Crippen LogP contribution in [0, 0.1) is 6.92 Å². The number of hydrogen-bond donors (Lipinski definition) is 1. The summed E-state index contributed by atoms with van der Waals surface area (Å²) in [5.74, 6) is 0.923. The molecule has 5 nitrogen and oxygen atoms in total. The number of aryl methyl sites for hydroxylation is 1. The van der Waals surface area contributed by atoms with Crippen molar-refractivity contribution in [2.45, 2.75) is 6.92 Å². The maximum Gasteiger partial charge on any atom is 0.225 e. The Labute approximate surface area is 161 Å². The minimum Gasteiger partial charge on any atom is -0.395 e. The largest absolute Gasteiger partial charge is 0.395 e. The molecule has 4 rings (SSSR count). The summed E-state index contributed by atoms with van der Waals surface area (Å²) in [6.07, 6.45) is 0. The summed E-state index contributed by atoms with van der Waals surface area (Å²) in [6, 6.07) is 10.4. The first-order valence-corrected chi connectivity index (χ1v) is 9.97. The Kier molecular flexibility index (Phi) is 5.09. The zero-order chi connectivity index (χ0) is 18.1. The van der Waals surface area contributed by atoms with Gasteiger partial charge in [0.05, 0.1) is 12.0 Å². The smallest absolute Gasteiger partial charge is 0.225 e. The van der Waals surface area contributed by atoms with Crippen molar-refractivity contribution in [2.24, 2.45) is 0 Å². The van der Waals surface area contributed by atoms with Crippen LogP contribution in [0.5, 0.6) is 0 Å². The molecule has 0 spiro atoms. The van der Waals surface area contributed by atoms with E-state index in [0.717, 1.165) is 48.8 Å². The van der Waals surface area contributed by atoms with Crippen molar-refractivity contribution in [2.75, 3.05) is 44.2 Å². The Morgan fingerprint density at radius 3 is 2.54 bits per heavy atom.